The lowest BCUT2D eigenvalue weighted by atomic mass is 10.0. The zero-order valence-corrected chi connectivity index (χ0v) is 21.2. The molecule has 1 aromatic heterocycles. The number of rotatable bonds is 13. The Balaban J connectivity index is 1.86. The highest BCUT2D eigenvalue weighted by Gasteiger charge is 2.30. The molecule has 0 bridgehead atoms. The minimum Gasteiger partial charge on any atom is -0.445 e. The zero-order chi connectivity index (χ0) is 27.4. The molecule has 37 heavy (non-hydrogen) atoms. The van der Waals surface area contributed by atoms with Gasteiger partial charge in [0.2, 0.25) is 11.7 Å². The van der Waals surface area contributed by atoms with E-state index in [1.165, 1.54) is 16.8 Å². The minimum atomic E-state index is -1.08. The fourth-order valence-corrected chi connectivity index (χ4v) is 3.40. The summed E-state index contributed by atoms with van der Waals surface area (Å²) in [4.78, 5) is 65.5. The van der Waals surface area contributed by atoms with Gasteiger partial charge in [0.15, 0.2) is 0 Å². The Morgan fingerprint density at radius 2 is 1.78 bits per heavy atom. The summed E-state index contributed by atoms with van der Waals surface area (Å²) in [6.07, 6.45) is 1.04. The SMILES string of the molecule is CC[C@H](NC(=O)[C@@H](NC(=O)OCc1ccccc1)C(C)C)C(=O)C(=O)NCCCn1c(N)ccnc1=O. The van der Waals surface area contributed by atoms with Crippen molar-refractivity contribution in [3.63, 3.8) is 0 Å². The second-order valence-corrected chi connectivity index (χ2v) is 8.67. The lowest BCUT2D eigenvalue weighted by molar-refractivity contribution is -0.140. The average Bonchev–Trinajstić information content (AvgIpc) is 2.88. The number of anilines is 1. The first-order valence-corrected chi connectivity index (χ1v) is 12.0. The normalized spacial score (nSPS) is 12.3. The summed E-state index contributed by atoms with van der Waals surface area (Å²) in [5.74, 6) is -2.36. The molecule has 0 aliphatic rings. The summed E-state index contributed by atoms with van der Waals surface area (Å²) in [7, 11) is 0. The van der Waals surface area contributed by atoms with Gasteiger partial charge in [-0.2, -0.15) is 0 Å². The Labute approximate surface area is 215 Å². The first-order valence-electron chi connectivity index (χ1n) is 12.0. The fourth-order valence-electron chi connectivity index (χ4n) is 3.40. The highest BCUT2D eigenvalue weighted by molar-refractivity contribution is 6.38. The molecule has 0 radical (unpaired) electrons. The van der Waals surface area contributed by atoms with Crippen LogP contribution in [0.2, 0.25) is 0 Å². The number of benzene rings is 1. The van der Waals surface area contributed by atoms with Crippen molar-refractivity contribution in [3.8, 4) is 0 Å². The second kappa shape index (κ2) is 14.4. The van der Waals surface area contributed by atoms with Crippen molar-refractivity contribution in [2.75, 3.05) is 12.3 Å². The van der Waals surface area contributed by atoms with Gasteiger partial charge >= 0.3 is 11.8 Å². The number of nitrogens with two attached hydrogens (primary N) is 1. The first-order chi connectivity index (χ1) is 17.6. The van der Waals surface area contributed by atoms with E-state index in [1.807, 2.05) is 18.2 Å². The maximum atomic E-state index is 12.9. The topological polar surface area (TPSA) is 175 Å². The standard InChI is InChI=1S/C25H34N6O6/c1-4-18(21(32)23(34)27-12-8-14-31-19(26)11-13-28-24(31)35)29-22(33)20(16(2)3)30-25(36)37-15-17-9-6-5-7-10-17/h5-7,9-11,13,16,18,20H,4,8,12,14-15,26H2,1-3H3,(H,27,34)(H,29,33)(H,30,36)/t18-,20-/m0/s1. The van der Waals surface area contributed by atoms with Crippen molar-refractivity contribution in [3.05, 3.63) is 58.6 Å². The fraction of sp³-hybridized carbons (Fsp3) is 0.440. The molecule has 0 spiro atoms. The van der Waals surface area contributed by atoms with Gasteiger partial charge in [-0.15, -0.1) is 0 Å². The highest BCUT2D eigenvalue weighted by atomic mass is 16.5. The molecule has 0 saturated heterocycles. The quantitative estimate of drug-likeness (QED) is 0.224. The van der Waals surface area contributed by atoms with Crippen LogP contribution in [0.25, 0.3) is 0 Å². The summed E-state index contributed by atoms with van der Waals surface area (Å²) in [5, 5.41) is 7.56. The molecule has 1 aromatic carbocycles. The van der Waals surface area contributed by atoms with Gasteiger partial charge in [-0.05, 0) is 30.4 Å². The van der Waals surface area contributed by atoms with Crippen LogP contribution in [-0.2, 0) is 32.3 Å². The third-order valence-electron chi connectivity index (χ3n) is 5.52. The molecule has 1 heterocycles. The van der Waals surface area contributed by atoms with Gasteiger partial charge in [0.25, 0.3) is 5.91 Å². The average molecular weight is 515 g/mol. The van der Waals surface area contributed by atoms with E-state index in [2.05, 4.69) is 20.9 Å². The lowest BCUT2D eigenvalue weighted by Gasteiger charge is -2.24. The number of alkyl carbamates (subject to hydrolysis) is 1. The number of hydrogen-bond donors (Lipinski definition) is 4. The molecule has 5 N–H and O–H groups in total. The van der Waals surface area contributed by atoms with Crippen LogP contribution in [0.15, 0.2) is 47.4 Å². The Kier molecular flexibility index (Phi) is 11.3. The van der Waals surface area contributed by atoms with Gasteiger partial charge in [-0.3, -0.25) is 19.0 Å². The number of ketones is 1. The number of hydrogen-bond acceptors (Lipinski definition) is 8. The number of carbonyl (C=O) groups is 4. The molecule has 3 amide bonds. The third-order valence-corrected chi connectivity index (χ3v) is 5.52. The van der Waals surface area contributed by atoms with Crippen molar-refractivity contribution in [1.82, 2.24) is 25.5 Å². The zero-order valence-electron chi connectivity index (χ0n) is 21.2. The molecule has 12 nitrogen and oxygen atoms in total. The number of aromatic nitrogens is 2. The monoisotopic (exact) mass is 514 g/mol. The molecule has 0 fully saturated rings. The van der Waals surface area contributed by atoms with Crippen molar-refractivity contribution >= 4 is 29.5 Å². The van der Waals surface area contributed by atoms with Crippen LogP contribution in [0.1, 0.15) is 39.2 Å². The summed E-state index contributed by atoms with van der Waals surface area (Å²) >= 11 is 0. The van der Waals surface area contributed by atoms with Crippen LogP contribution in [0.3, 0.4) is 0 Å². The smallest absolute Gasteiger partial charge is 0.408 e. The van der Waals surface area contributed by atoms with Gasteiger partial charge < -0.3 is 26.4 Å². The molecule has 2 atom stereocenters. The maximum absolute atomic E-state index is 12.9. The van der Waals surface area contributed by atoms with E-state index in [4.69, 9.17) is 10.5 Å². The molecule has 2 rings (SSSR count). The van der Waals surface area contributed by atoms with E-state index < -0.39 is 41.5 Å². The van der Waals surface area contributed by atoms with E-state index in [9.17, 15) is 24.0 Å². The summed E-state index contributed by atoms with van der Waals surface area (Å²) < 4.78 is 6.44. The number of nitrogens with one attached hydrogen (secondary N) is 3. The number of ether oxygens (including phenoxy) is 1. The molecule has 0 unspecified atom stereocenters. The largest absolute Gasteiger partial charge is 0.445 e. The van der Waals surface area contributed by atoms with Crippen LogP contribution in [0, 0.1) is 5.92 Å². The predicted molar refractivity (Wildman–Crippen MR) is 136 cm³/mol. The Morgan fingerprint density at radius 3 is 2.41 bits per heavy atom. The van der Waals surface area contributed by atoms with E-state index in [-0.39, 0.29) is 37.9 Å². The van der Waals surface area contributed by atoms with Crippen molar-refractivity contribution in [2.24, 2.45) is 5.92 Å². The van der Waals surface area contributed by atoms with Gasteiger partial charge in [-0.1, -0.05) is 51.1 Å². The number of carbonyl (C=O) groups excluding carboxylic acids is 4. The minimum absolute atomic E-state index is 0.0391. The summed E-state index contributed by atoms with van der Waals surface area (Å²) in [5.41, 5.74) is 6.03. The van der Waals surface area contributed by atoms with Gasteiger partial charge in [0.1, 0.15) is 18.5 Å². The lowest BCUT2D eigenvalue weighted by Crippen LogP contribution is -2.55. The Hall–Kier alpha value is -4.22. The van der Waals surface area contributed by atoms with Crippen molar-refractivity contribution in [2.45, 2.75) is 58.8 Å². The molecule has 0 aliphatic carbocycles. The number of nitrogen functional groups attached to an aromatic ring is 1. The summed E-state index contributed by atoms with van der Waals surface area (Å²) in [6.45, 7) is 5.48. The molecular formula is C25H34N6O6. The second-order valence-electron chi connectivity index (χ2n) is 8.67. The third kappa shape index (κ3) is 9.06. The maximum Gasteiger partial charge on any atom is 0.408 e. The first kappa shape index (κ1) is 29.0. The number of amides is 3. The van der Waals surface area contributed by atoms with E-state index >= 15 is 0 Å². The Morgan fingerprint density at radius 1 is 1.08 bits per heavy atom. The van der Waals surface area contributed by atoms with E-state index in [0.717, 1.165) is 5.56 Å². The van der Waals surface area contributed by atoms with Gasteiger partial charge in [-0.25, -0.2) is 14.6 Å². The molecule has 0 saturated carbocycles. The van der Waals surface area contributed by atoms with Crippen molar-refractivity contribution in [1.29, 1.82) is 0 Å². The van der Waals surface area contributed by atoms with Crippen LogP contribution in [-0.4, -0.2) is 51.9 Å². The van der Waals surface area contributed by atoms with Gasteiger partial charge in [0, 0.05) is 19.3 Å². The molecule has 2 aromatic rings. The molecule has 0 aliphatic heterocycles. The number of nitrogens with zero attached hydrogens (tertiary/aromatic N) is 2. The van der Waals surface area contributed by atoms with E-state index in [0.29, 0.717) is 6.42 Å². The van der Waals surface area contributed by atoms with Crippen LogP contribution < -0.4 is 27.4 Å². The van der Waals surface area contributed by atoms with Crippen molar-refractivity contribution < 1.29 is 23.9 Å². The Bertz CT molecular complexity index is 1130. The van der Waals surface area contributed by atoms with Crippen LogP contribution in [0.5, 0.6) is 0 Å². The highest BCUT2D eigenvalue weighted by Crippen LogP contribution is 2.06. The molecule has 12 heteroatoms. The van der Waals surface area contributed by atoms with Gasteiger partial charge in [0.05, 0.1) is 6.04 Å². The predicted octanol–water partition coefficient (Wildman–Crippen LogP) is 0.747. The van der Waals surface area contributed by atoms with E-state index in [1.54, 1.807) is 32.9 Å². The molecule has 200 valence electrons. The van der Waals surface area contributed by atoms with Crippen LogP contribution in [0.4, 0.5) is 10.6 Å². The summed E-state index contributed by atoms with van der Waals surface area (Å²) in [6, 6.07) is 8.51. The molecular weight excluding hydrogens is 480 g/mol. The van der Waals surface area contributed by atoms with Crippen LogP contribution >= 0.6 is 0 Å². The number of Topliss-reactive ketones (excluding diaryl/α,β-unsaturated/α-hetero) is 1.